The van der Waals surface area contributed by atoms with Crippen LogP contribution in [-0.4, -0.2) is 6.61 Å². The third-order valence-corrected chi connectivity index (χ3v) is 4.67. The Labute approximate surface area is 180 Å². The molecule has 1 aromatic heterocycles. The first kappa shape index (κ1) is 22.3. The second kappa shape index (κ2) is 11.1. The minimum Gasteiger partial charge on any atom is -0.490 e. The van der Waals surface area contributed by atoms with Crippen LogP contribution in [0.1, 0.15) is 29.4 Å². The van der Waals surface area contributed by atoms with E-state index >= 15 is 0 Å². The van der Waals surface area contributed by atoms with Gasteiger partial charge in [-0.3, -0.25) is 0 Å². The summed E-state index contributed by atoms with van der Waals surface area (Å²) in [5.41, 5.74) is 3.47. The van der Waals surface area contributed by atoms with Gasteiger partial charge in [0.05, 0.1) is 23.9 Å². The number of halogens is 2. The molecule has 0 aliphatic rings. The number of nitrogens with one attached hydrogen (secondary N) is 1. The van der Waals surface area contributed by atoms with Crippen molar-refractivity contribution in [1.29, 1.82) is 0 Å². The minimum absolute atomic E-state index is 0. The van der Waals surface area contributed by atoms with E-state index in [0.717, 1.165) is 32.9 Å². The Bertz CT molecular complexity index is 851. The fraction of sp³-hybridized carbons (Fsp3) is 0.273. The quantitative estimate of drug-likeness (QED) is 0.417. The van der Waals surface area contributed by atoms with Crippen LogP contribution in [0, 0.1) is 6.92 Å². The largest absolute Gasteiger partial charge is 0.490 e. The Kier molecular flexibility index (Phi) is 8.90. The normalized spacial score (nSPS) is 10.4. The van der Waals surface area contributed by atoms with Crippen LogP contribution in [0.5, 0.6) is 11.5 Å². The Balaban J connectivity index is 0.00000280. The Hall–Kier alpha value is -1.95. The standard InChI is InChI=1S/C22H24BrNO3.ClH/c1-3-25-21-12-18(13-24-14-19-5-4-10-26-19)11-20(23)22(21)27-15-17-8-6-16(2)7-9-17;/h4-12,24H,3,13-15H2,1-2H3;1H. The zero-order valence-electron chi connectivity index (χ0n) is 16.0. The third-order valence-electron chi connectivity index (χ3n) is 4.08. The first-order valence-corrected chi connectivity index (χ1v) is 9.81. The summed E-state index contributed by atoms with van der Waals surface area (Å²) in [6.45, 7) is 6.51. The van der Waals surface area contributed by atoms with Crippen molar-refractivity contribution in [3.05, 3.63) is 81.7 Å². The maximum Gasteiger partial charge on any atom is 0.175 e. The average molecular weight is 467 g/mol. The highest BCUT2D eigenvalue weighted by Gasteiger charge is 2.13. The zero-order valence-corrected chi connectivity index (χ0v) is 18.4. The van der Waals surface area contributed by atoms with Crippen molar-refractivity contribution < 1.29 is 13.9 Å². The highest BCUT2D eigenvalue weighted by molar-refractivity contribution is 9.10. The van der Waals surface area contributed by atoms with Crippen molar-refractivity contribution in [2.75, 3.05) is 6.61 Å². The summed E-state index contributed by atoms with van der Waals surface area (Å²) in [6, 6.07) is 16.3. The number of benzene rings is 2. The van der Waals surface area contributed by atoms with Gasteiger partial charge >= 0.3 is 0 Å². The van der Waals surface area contributed by atoms with Gasteiger partial charge in [-0.2, -0.15) is 0 Å². The lowest BCUT2D eigenvalue weighted by molar-refractivity contribution is 0.267. The molecule has 0 saturated carbocycles. The van der Waals surface area contributed by atoms with Crippen molar-refractivity contribution in [1.82, 2.24) is 5.32 Å². The van der Waals surface area contributed by atoms with Crippen LogP contribution in [-0.2, 0) is 19.7 Å². The minimum atomic E-state index is 0. The SMILES string of the molecule is CCOc1cc(CNCc2ccco2)cc(Br)c1OCc1ccc(C)cc1.Cl. The molecule has 0 unspecified atom stereocenters. The summed E-state index contributed by atoms with van der Waals surface area (Å²) in [5, 5.41) is 3.37. The number of hydrogen-bond acceptors (Lipinski definition) is 4. The second-order valence-corrected chi connectivity index (χ2v) is 7.15. The van der Waals surface area contributed by atoms with Gasteiger partial charge in [-0.15, -0.1) is 12.4 Å². The molecule has 2 aromatic carbocycles. The molecule has 1 heterocycles. The van der Waals surface area contributed by atoms with Gasteiger partial charge in [0.25, 0.3) is 0 Å². The van der Waals surface area contributed by atoms with Crippen LogP contribution in [0.15, 0.2) is 63.7 Å². The topological polar surface area (TPSA) is 43.6 Å². The molecule has 3 rings (SSSR count). The van der Waals surface area contributed by atoms with Gasteiger partial charge in [-0.25, -0.2) is 0 Å². The number of furan rings is 1. The molecule has 0 bridgehead atoms. The summed E-state index contributed by atoms with van der Waals surface area (Å²) in [4.78, 5) is 0. The van der Waals surface area contributed by atoms with Crippen LogP contribution in [0.25, 0.3) is 0 Å². The molecule has 28 heavy (non-hydrogen) atoms. The van der Waals surface area contributed by atoms with E-state index in [9.17, 15) is 0 Å². The van der Waals surface area contributed by atoms with Gasteiger partial charge in [0.2, 0.25) is 0 Å². The van der Waals surface area contributed by atoms with Crippen LogP contribution in [0.2, 0.25) is 0 Å². The van der Waals surface area contributed by atoms with E-state index in [1.807, 2.05) is 25.1 Å². The van der Waals surface area contributed by atoms with Crippen LogP contribution >= 0.6 is 28.3 Å². The fourth-order valence-corrected chi connectivity index (χ4v) is 3.31. The molecule has 0 aliphatic heterocycles. The van der Waals surface area contributed by atoms with Gasteiger partial charge in [-0.05, 0) is 65.2 Å². The van der Waals surface area contributed by atoms with Gasteiger partial charge < -0.3 is 19.2 Å². The predicted octanol–water partition coefficient (Wildman–Crippen LogP) is 6.04. The van der Waals surface area contributed by atoms with Crippen molar-refractivity contribution in [2.24, 2.45) is 0 Å². The molecular weight excluding hydrogens is 442 g/mol. The van der Waals surface area contributed by atoms with E-state index in [2.05, 4.69) is 58.5 Å². The molecule has 0 aliphatic carbocycles. The summed E-state index contributed by atoms with van der Waals surface area (Å²) in [7, 11) is 0. The van der Waals surface area contributed by atoms with E-state index < -0.39 is 0 Å². The number of ether oxygens (including phenoxy) is 2. The summed E-state index contributed by atoms with van der Waals surface area (Å²) in [5.74, 6) is 2.39. The van der Waals surface area contributed by atoms with Crippen LogP contribution < -0.4 is 14.8 Å². The van der Waals surface area contributed by atoms with Crippen LogP contribution in [0.3, 0.4) is 0 Å². The van der Waals surface area contributed by atoms with E-state index in [0.29, 0.717) is 26.3 Å². The Morgan fingerprint density at radius 1 is 1.00 bits per heavy atom. The Morgan fingerprint density at radius 3 is 2.46 bits per heavy atom. The first-order chi connectivity index (χ1) is 13.2. The summed E-state index contributed by atoms with van der Waals surface area (Å²) in [6.07, 6.45) is 1.68. The van der Waals surface area contributed by atoms with E-state index in [-0.39, 0.29) is 12.4 Å². The van der Waals surface area contributed by atoms with Crippen molar-refractivity contribution in [3.63, 3.8) is 0 Å². The maximum absolute atomic E-state index is 6.06. The first-order valence-electron chi connectivity index (χ1n) is 9.02. The number of rotatable bonds is 9. The molecule has 4 nitrogen and oxygen atoms in total. The molecule has 0 saturated heterocycles. The lowest BCUT2D eigenvalue weighted by Gasteiger charge is -2.16. The van der Waals surface area contributed by atoms with Crippen molar-refractivity contribution >= 4 is 28.3 Å². The second-order valence-electron chi connectivity index (χ2n) is 6.30. The van der Waals surface area contributed by atoms with E-state index in [1.54, 1.807) is 6.26 Å². The molecule has 0 radical (unpaired) electrons. The number of hydrogen-bond donors (Lipinski definition) is 1. The van der Waals surface area contributed by atoms with Crippen molar-refractivity contribution in [3.8, 4) is 11.5 Å². The highest BCUT2D eigenvalue weighted by atomic mass is 79.9. The lowest BCUT2D eigenvalue weighted by atomic mass is 10.1. The van der Waals surface area contributed by atoms with Crippen LogP contribution in [0.4, 0.5) is 0 Å². The zero-order chi connectivity index (χ0) is 19.1. The molecule has 6 heteroatoms. The number of aryl methyl sites for hydroxylation is 1. The van der Waals surface area contributed by atoms with E-state index in [1.165, 1.54) is 5.56 Å². The lowest BCUT2D eigenvalue weighted by Crippen LogP contribution is -2.12. The smallest absolute Gasteiger partial charge is 0.175 e. The molecular formula is C22H25BrClNO3. The molecule has 150 valence electrons. The van der Waals surface area contributed by atoms with Gasteiger partial charge in [0.1, 0.15) is 12.4 Å². The summed E-state index contributed by atoms with van der Waals surface area (Å²) >= 11 is 3.63. The predicted molar refractivity (Wildman–Crippen MR) is 117 cm³/mol. The molecule has 0 amide bonds. The van der Waals surface area contributed by atoms with Gasteiger partial charge in [-0.1, -0.05) is 29.8 Å². The third kappa shape index (κ3) is 6.30. The van der Waals surface area contributed by atoms with E-state index in [4.69, 9.17) is 13.9 Å². The molecule has 1 N–H and O–H groups in total. The van der Waals surface area contributed by atoms with Gasteiger partial charge in [0, 0.05) is 6.54 Å². The van der Waals surface area contributed by atoms with Gasteiger partial charge in [0.15, 0.2) is 11.5 Å². The van der Waals surface area contributed by atoms with Crippen molar-refractivity contribution in [2.45, 2.75) is 33.5 Å². The monoisotopic (exact) mass is 465 g/mol. The molecule has 3 aromatic rings. The summed E-state index contributed by atoms with van der Waals surface area (Å²) < 4.78 is 18.1. The Morgan fingerprint density at radius 2 is 1.79 bits per heavy atom. The molecule has 0 atom stereocenters. The highest BCUT2D eigenvalue weighted by Crippen LogP contribution is 2.37. The fourth-order valence-electron chi connectivity index (χ4n) is 2.71. The molecule has 0 spiro atoms. The molecule has 0 fully saturated rings. The average Bonchev–Trinajstić information content (AvgIpc) is 3.16. The maximum atomic E-state index is 6.06.